The van der Waals surface area contributed by atoms with E-state index in [0.717, 1.165) is 11.4 Å². The third-order valence-electron chi connectivity index (χ3n) is 8.73. The number of aryl methyl sites for hydroxylation is 2. The summed E-state index contributed by atoms with van der Waals surface area (Å²) in [6, 6.07) is 48.5. The number of nitrogens with zero attached hydrogens (tertiary/aromatic N) is 2. The van der Waals surface area contributed by atoms with Gasteiger partial charge in [0.15, 0.2) is 0 Å². The average Bonchev–Trinajstić information content (AvgIpc) is 3.56. The van der Waals surface area contributed by atoms with Gasteiger partial charge in [-0.3, -0.25) is 0 Å². The van der Waals surface area contributed by atoms with E-state index in [2.05, 4.69) is 169 Å². The van der Waals surface area contributed by atoms with Crippen LogP contribution in [-0.4, -0.2) is 9.13 Å². The first-order chi connectivity index (χ1) is 20.7. The predicted molar refractivity (Wildman–Crippen MR) is 180 cm³/mol. The third kappa shape index (κ3) is 3.88. The molecular formula is C40H30N2. The SMILES string of the molecule is Cc1ccccc1/C=C\c1cc2c3ccccc3ccc2n1-c1ccc(-c2ccc3c(c2)c2ccccc2n3C)cc1. The van der Waals surface area contributed by atoms with Crippen molar-refractivity contribution in [3.8, 4) is 16.8 Å². The maximum atomic E-state index is 2.38. The molecule has 0 aliphatic rings. The van der Waals surface area contributed by atoms with Crippen LogP contribution >= 0.6 is 0 Å². The maximum absolute atomic E-state index is 2.38. The minimum absolute atomic E-state index is 1.15. The highest BCUT2D eigenvalue weighted by Gasteiger charge is 2.13. The van der Waals surface area contributed by atoms with E-state index in [0.29, 0.717) is 0 Å². The van der Waals surface area contributed by atoms with Crippen molar-refractivity contribution in [1.82, 2.24) is 9.13 Å². The number of fused-ring (bicyclic) bond motifs is 6. The Morgan fingerprint density at radius 3 is 2.02 bits per heavy atom. The molecule has 0 atom stereocenters. The van der Waals surface area contributed by atoms with Crippen molar-refractivity contribution in [2.45, 2.75) is 6.92 Å². The van der Waals surface area contributed by atoms with Crippen LogP contribution in [0.1, 0.15) is 16.8 Å². The van der Waals surface area contributed by atoms with Gasteiger partial charge in [-0.05, 0) is 88.5 Å². The van der Waals surface area contributed by atoms with Gasteiger partial charge in [0.1, 0.15) is 0 Å². The largest absolute Gasteiger partial charge is 0.344 e. The van der Waals surface area contributed by atoms with Crippen LogP contribution in [0.4, 0.5) is 0 Å². The molecule has 8 aromatic rings. The third-order valence-corrected chi connectivity index (χ3v) is 8.73. The molecule has 8 rings (SSSR count). The van der Waals surface area contributed by atoms with Crippen molar-refractivity contribution in [3.05, 3.63) is 150 Å². The van der Waals surface area contributed by atoms with Gasteiger partial charge in [-0.1, -0.05) is 97.1 Å². The molecule has 0 saturated carbocycles. The molecule has 200 valence electrons. The van der Waals surface area contributed by atoms with Crippen LogP contribution in [0.25, 0.3) is 72.4 Å². The Kier molecular flexibility index (Phi) is 5.61. The first-order valence-electron chi connectivity index (χ1n) is 14.5. The molecule has 0 radical (unpaired) electrons. The first-order valence-corrected chi connectivity index (χ1v) is 14.5. The van der Waals surface area contributed by atoms with Crippen molar-refractivity contribution in [1.29, 1.82) is 0 Å². The van der Waals surface area contributed by atoms with Crippen molar-refractivity contribution in [2.75, 3.05) is 0 Å². The summed E-state index contributed by atoms with van der Waals surface area (Å²) in [5.74, 6) is 0. The predicted octanol–water partition coefficient (Wildman–Crippen LogP) is 10.6. The summed E-state index contributed by atoms with van der Waals surface area (Å²) in [6.45, 7) is 2.16. The molecule has 0 N–H and O–H groups in total. The fourth-order valence-corrected chi connectivity index (χ4v) is 6.49. The van der Waals surface area contributed by atoms with Gasteiger partial charge in [0.2, 0.25) is 0 Å². The van der Waals surface area contributed by atoms with E-state index in [4.69, 9.17) is 0 Å². The monoisotopic (exact) mass is 538 g/mol. The second kappa shape index (κ2) is 9.64. The number of hydrogen-bond acceptors (Lipinski definition) is 0. The number of para-hydroxylation sites is 1. The van der Waals surface area contributed by atoms with E-state index in [1.807, 2.05) is 0 Å². The highest BCUT2D eigenvalue weighted by Crippen LogP contribution is 2.35. The van der Waals surface area contributed by atoms with Crippen LogP contribution in [0.2, 0.25) is 0 Å². The van der Waals surface area contributed by atoms with Gasteiger partial charge < -0.3 is 9.13 Å². The molecule has 0 spiro atoms. The lowest BCUT2D eigenvalue weighted by Gasteiger charge is -2.11. The lowest BCUT2D eigenvalue weighted by atomic mass is 10.0. The number of aromatic nitrogens is 2. The Morgan fingerprint density at radius 1 is 0.500 bits per heavy atom. The zero-order valence-corrected chi connectivity index (χ0v) is 23.8. The lowest BCUT2D eigenvalue weighted by Crippen LogP contribution is -1.96. The molecule has 0 aliphatic carbocycles. The number of rotatable bonds is 4. The Balaban J connectivity index is 1.26. The highest BCUT2D eigenvalue weighted by molar-refractivity contribution is 6.10. The topological polar surface area (TPSA) is 9.86 Å². The summed E-state index contributed by atoms with van der Waals surface area (Å²) in [6.07, 6.45) is 4.48. The van der Waals surface area contributed by atoms with Crippen LogP contribution in [0, 0.1) is 6.92 Å². The van der Waals surface area contributed by atoms with Crippen LogP contribution in [0.3, 0.4) is 0 Å². The standard InChI is InChI=1S/C40H30N2/c1-27-9-3-4-10-28(27)15-22-33-26-37-34-12-6-5-11-30(34)18-24-40(37)42(33)32-20-16-29(17-21-32)31-19-23-39-36(25-31)35-13-7-8-14-38(35)41(39)2/h3-26H,1-2H3/b22-15-. The van der Waals surface area contributed by atoms with Gasteiger partial charge in [-0.2, -0.15) is 0 Å². The number of hydrogen-bond donors (Lipinski definition) is 0. The van der Waals surface area contributed by atoms with Crippen LogP contribution in [0.15, 0.2) is 133 Å². The van der Waals surface area contributed by atoms with E-state index in [-0.39, 0.29) is 0 Å². The highest BCUT2D eigenvalue weighted by atomic mass is 15.0. The molecule has 0 fully saturated rings. The molecule has 2 aromatic heterocycles. The van der Waals surface area contributed by atoms with Crippen LogP contribution < -0.4 is 0 Å². The Morgan fingerprint density at radius 2 is 1.17 bits per heavy atom. The van der Waals surface area contributed by atoms with Gasteiger partial charge in [0, 0.05) is 45.6 Å². The molecule has 6 aromatic carbocycles. The van der Waals surface area contributed by atoms with Crippen LogP contribution in [0.5, 0.6) is 0 Å². The zero-order valence-electron chi connectivity index (χ0n) is 23.8. The van der Waals surface area contributed by atoms with Crippen molar-refractivity contribution >= 4 is 55.6 Å². The van der Waals surface area contributed by atoms with Gasteiger partial charge in [-0.25, -0.2) is 0 Å². The summed E-state index contributed by atoms with van der Waals surface area (Å²) in [5, 5.41) is 6.39. The minimum Gasteiger partial charge on any atom is -0.344 e. The van der Waals surface area contributed by atoms with E-state index in [9.17, 15) is 0 Å². The molecule has 2 nitrogen and oxygen atoms in total. The van der Waals surface area contributed by atoms with E-state index in [1.54, 1.807) is 0 Å². The lowest BCUT2D eigenvalue weighted by molar-refractivity contribution is 1.01. The molecule has 0 bridgehead atoms. The number of benzene rings is 6. The molecule has 42 heavy (non-hydrogen) atoms. The van der Waals surface area contributed by atoms with Gasteiger partial charge >= 0.3 is 0 Å². The Bertz CT molecular complexity index is 2310. The van der Waals surface area contributed by atoms with Crippen molar-refractivity contribution < 1.29 is 0 Å². The minimum atomic E-state index is 1.15. The smallest absolute Gasteiger partial charge is 0.0541 e. The second-order valence-electron chi connectivity index (χ2n) is 11.2. The quantitative estimate of drug-likeness (QED) is 0.211. The Labute approximate surface area is 245 Å². The van der Waals surface area contributed by atoms with Crippen molar-refractivity contribution in [2.24, 2.45) is 7.05 Å². The fraction of sp³-hybridized carbons (Fsp3) is 0.0500. The zero-order chi connectivity index (χ0) is 28.2. The van der Waals surface area contributed by atoms with Gasteiger partial charge in [0.05, 0.1) is 5.52 Å². The van der Waals surface area contributed by atoms with Gasteiger partial charge in [0.25, 0.3) is 0 Å². The van der Waals surface area contributed by atoms with E-state index in [1.165, 1.54) is 65.7 Å². The normalized spacial score (nSPS) is 12.0. The summed E-state index contributed by atoms with van der Waals surface area (Å²) in [7, 11) is 2.15. The van der Waals surface area contributed by atoms with E-state index < -0.39 is 0 Å². The Hall–Kier alpha value is -5.34. The molecule has 2 heterocycles. The fourth-order valence-electron chi connectivity index (χ4n) is 6.49. The molecule has 0 unspecified atom stereocenters. The summed E-state index contributed by atoms with van der Waals surface area (Å²) < 4.78 is 4.67. The molecule has 2 heteroatoms. The van der Waals surface area contributed by atoms with Crippen molar-refractivity contribution in [3.63, 3.8) is 0 Å². The molecular weight excluding hydrogens is 508 g/mol. The summed E-state index contributed by atoms with van der Waals surface area (Å²) >= 11 is 0. The molecule has 0 amide bonds. The summed E-state index contributed by atoms with van der Waals surface area (Å²) in [4.78, 5) is 0. The first kappa shape index (κ1) is 24.5. The second-order valence-corrected chi connectivity index (χ2v) is 11.2. The van der Waals surface area contributed by atoms with Crippen LogP contribution in [-0.2, 0) is 7.05 Å². The van der Waals surface area contributed by atoms with Gasteiger partial charge in [-0.15, -0.1) is 0 Å². The average molecular weight is 539 g/mol. The molecule has 0 aliphatic heterocycles. The maximum Gasteiger partial charge on any atom is 0.0541 e. The van der Waals surface area contributed by atoms with E-state index >= 15 is 0 Å². The summed E-state index contributed by atoms with van der Waals surface area (Å²) in [5.41, 5.74) is 11.0. The molecule has 0 saturated heterocycles.